The van der Waals surface area contributed by atoms with Gasteiger partial charge >= 0.3 is 0 Å². The monoisotopic (exact) mass is 309 g/mol. The number of nitrogens with zero attached hydrogens (tertiary/aromatic N) is 1. The van der Waals surface area contributed by atoms with Crippen molar-refractivity contribution in [1.29, 1.82) is 0 Å². The van der Waals surface area contributed by atoms with Gasteiger partial charge in [0, 0.05) is 12.1 Å². The molecule has 18 heavy (non-hydrogen) atoms. The van der Waals surface area contributed by atoms with Gasteiger partial charge in [0.05, 0.1) is 16.3 Å². The summed E-state index contributed by atoms with van der Waals surface area (Å²) in [5, 5.41) is 10.1. The topological polar surface area (TPSA) is 33.1 Å². The number of pyridine rings is 1. The van der Waals surface area contributed by atoms with Gasteiger partial charge < -0.3 is 5.11 Å². The van der Waals surface area contributed by atoms with Gasteiger partial charge in [0.1, 0.15) is 5.82 Å². The van der Waals surface area contributed by atoms with E-state index in [-0.39, 0.29) is 5.82 Å². The van der Waals surface area contributed by atoms with Crippen molar-refractivity contribution in [3.05, 3.63) is 63.6 Å². The highest BCUT2D eigenvalue weighted by Gasteiger charge is 2.11. The van der Waals surface area contributed by atoms with Gasteiger partial charge in [-0.25, -0.2) is 4.39 Å². The van der Waals surface area contributed by atoms with Crippen molar-refractivity contribution in [2.75, 3.05) is 0 Å². The van der Waals surface area contributed by atoms with Gasteiger partial charge in [-0.3, -0.25) is 4.98 Å². The summed E-state index contributed by atoms with van der Waals surface area (Å²) in [7, 11) is 0. The largest absolute Gasteiger partial charge is 0.386 e. The van der Waals surface area contributed by atoms with Crippen molar-refractivity contribution in [1.82, 2.24) is 4.98 Å². The van der Waals surface area contributed by atoms with E-state index in [4.69, 9.17) is 0 Å². The average molecular weight is 310 g/mol. The maximum atomic E-state index is 13.1. The van der Waals surface area contributed by atoms with E-state index in [9.17, 15) is 9.50 Å². The Bertz CT molecular complexity index is 559. The predicted octanol–water partition coefficient (Wildman–Crippen LogP) is 3.57. The van der Waals surface area contributed by atoms with Crippen LogP contribution in [0.25, 0.3) is 0 Å². The van der Waals surface area contributed by atoms with Crippen LogP contribution in [-0.4, -0.2) is 10.1 Å². The number of hydrogen-bond acceptors (Lipinski definition) is 2. The molecule has 1 unspecified atom stereocenters. The molecule has 0 aliphatic rings. The molecule has 0 radical (unpaired) electrons. The van der Waals surface area contributed by atoms with Gasteiger partial charge in [0.25, 0.3) is 0 Å². The van der Waals surface area contributed by atoms with E-state index in [1.807, 2.05) is 19.1 Å². The Kier molecular flexibility index (Phi) is 4.09. The Morgan fingerprint density at radius 1 is 1.33 bits per heavy atom. The van der Waals surface area contributed by atoms with Crippen molar-refractivity contribution in [2.45, 2.75) is 19.4 Å². The lowest BCUT2D eigenvalue weighted by Crippen LogP contribution is -2.05. The summed E-state index contributed by atoms with van der Waals surface area (Å²) in [5.74, 6) is -0.304. The number of rotatable bonds is 3. The maximum absolute atomic E-state index is 13.1. The highest BCUT2D eigenvalue weighted by atomic mass is 79.9. The molecule has 2 nitrogen and oxygen atoms in total. The fourth-order valence-corrected chi connectivity index (χ4v) is 2.17. The standard InChI is InChI=1S/C14H13BrFNO/c1-9-3-2-4-13(17-9)14(18)8-10-5-6-12(16)11(15)7-10/h2-7,14,18H,8H2,1H3. The molecule has 2 rings (SSSR count). The SMILES string of the molecule is Cc1cccc(C(O)Cc2ccc(F)c(Br)c2)n1. The molecular weight excluding hydrogens is 297 g/mol. The first-order valence-electron chi connectivity index (χ1n) is 5.62. The third-order valence-corrected chi connectivity index (χ3v) is 3.27. The lowest BCUT2D eigenvalue weighted by Gasteiger charge is -2.11. The lowest BCUT2D eigenvalue weighted by molar-refractivity contribution is 0.173. The predicted molar refractivity (Wildman–Crippen MR) is 71.7 cm³/mol. The molecule has 4 heteroatoms. The lowest BCUT2D eigenvalue weighted by atomic mass is 10.1. The van der Waals surface area contributed by atoms with Crippen LogP contribution in [0.1, 0.15) is 23.1 Å². The summed E-state index contributed by atoms with van der Waals surface area (Å²) in [6.45, 7) is 1.88. The fourth-order valence-electron chi connectivity index (χ4n) is 1.74. The molecule has 0 aliphatic heterocycles. The molecule has 1 aromatic heterocycles. The number of halogens is 2. The van der Waals surface area contributed by atoms with Crippen LogP contribution in [0.15, 0.2) is 40.9 Å². The van der Waals surface area contributed by atoms with E-state index in [2.05, 4.69) is 20.9 Å². The van der Waals surface area contributed by atoms with E-state index >= 15 is 0 Å². The second kappa shape index (κ2) is 5.59. The van der Waals surface area contributed by atoms with E-state index < -0.39 is 6.10 Å². The summed E-state index contributed by atoms with van der Waals surface area (Å²) in [4.78, 5) is 4.27. The minimum absolute atomic E-state index is 0.304. The molecule has 0 saturated carbocycles. The number of aliphatic hydroxyl groups is 1. The summed E-state index contributed by atoms with van der Waals surface area (Å²) in [6, 6.07) is 10.3. The molecule has 2 aromatic rings. The van der Waals surface area contributed by atoms with Crippen LogP contribution in [0.2, 0.25) is 0 Å². The molecule has 0 amide bonds. The van der Waals surface area contributed by atoms with E-state index in [1.54, 1.807) is 18.2 Å². The zero-order chi connectivity index (χ0) is 13.1. The van der Waals surface area contributed by atoms with Crippen molar-refractivity contribution >= 4 is 15.9 Å². The van der Waals surface area contributed by atoms with Crippen LogP contribution in [0.5, 0.6) is 0 Å². The Morgan fingerprint density at radius 3 is 2.78 bits per heavy atom. The van der Waals surface area contributed by atoms with E-state index in [0.717, 1.165) is 11.3 Å². The van der Waals surface area contributed by atoms with Gasteiger partial charge in [-0.2, -0.15) is 0 Å². The zero-order valence-electron chi connectivity index (χ0n) is 9.90. The van der Waals surface area contributed by atoms with E-state index in [0.29, 0.717) is 16.6 Å². The summed E-state index contributed by atoms with van der Waals surface area (Å²) in [5.41, 5.74) is 2.36. The first-order chi connectivity index (χ1) is 8.56. The number of hydrogen-bond donors (Lipinski definition) is 1. The summed E-state index contributed by atoms with van der Waals surface area (Å²) in [6.07, 6.45) is -0.266. The van der Waals surface area contributed by atoms with Crippen molar-refractivity contribution in [3.63, 3.8) is 0 Å². The second-order valence-corrected chi connectivity index (χ2v) is 5.03. The van der Waals surface area contributed by atoms with Crippen LogP contribution in [0.3, 0.4) is 0 Å². The molecule has 0 fully saturated rings. The quantitative estimate of drug-likeness (QED) is 0.940. The van der Waals surface area contributed by atoms with E-state index in [1.165, 1.54) is 6.07 Å². The molecule has 1 heterocycles. The Morgan fingerprint density at radius 2 is 2.11 bits per heavy atom. The van der Waals surface area contributed by atoms with Crippen molar-refractivity contribution in [2.24, 2.45) is 0 Å². The molecule has 0 bridgehead atoms. The van der Waals surface area contributed by atoms with Gasteiger partial charge in [0.2, 0.25) is 0 Å². The van der Waals surface area contributed by atoms with Crippen LogP contribution < -0.4 is 0 Å². The summed E-state index contributed by atoms with van der Waals surface area (Å²) < 4.78 is 13.5. The Balaban J connectivity index is 2.16. The molecule has 94 valence electrons. The number of aromatic nitrogens is 1. The molecular formula is C14H13BrFNO. The second-order valence-electron chi connectivity index (χ2n) is 4.17. The first kappa shape index (κ1) is 13.2. The fraction of sp³-hybridized carbons (Fsp3) is 0.214. The smallest absolute Gasteiger partial charge is 0.137 e. The highest BCUT2D eigenvalue weighted by Crippen LogP contribution is 2.21. The van der Waals surface area contributed by atoms with Crippen LogP contribution >= 0.6 is 15.9 Å². The third kappa shape index (κ3) is 3.15. The molecule has 1 atom stereocenters. The maximum Gasteiger partial charge on any atom is 0.137 e. The first-order valence-corrected chi connectivity index (χ1v) is 6.41. The zero-order valence-corrected chi connectivity index (χ0v) is 11.5. The van der Waals surface area contributed by atoms with Gasteiger partial charge in [-0.1, -0.05) is 12.1 Å². The van der Waals surface area contributed by atoms with Crippen molar-refractivity contribution < 1.29 is 9.50 Å². The highest BCUT2D eigenvalue weighted by molar-refractivity contribution is 9.10. The van der Waals surface area contributed by atoms with Gasteiger partial charge in [-0.05, 0) is 52.7 Å². The van der Waals surface area contributed by atoms with Crippen LogP contribution in [0, 0.1) is 12.7 Å². The minimum Gasteiger partial charge on any atom is -0.386 e. The Labute approximate surface area is 114 Å². The molecule has 1 aromatic carbocycles. The van der Waals surface area contributed by atoms with Gasteiger partial charge in [0.15, 0.2) is 0 Å². The molecule has 0 saturated heterocycles. The van der Waals surface area contributed by atoms with Crippen LogP contribution in [0.4, 0.5) is 4.39 Å². The van der Waals surface area contributed by atoms with Gasteiger partial charge in [-0.15, -0.1) is 0 Å². The Hall–Kier alpha value is -1.26. The van der Waals surface area contributed by atoms with Crippen LogP contribution in [-0.2, 0) is 6.42 Å². The minimum atomic E-state index is -0.678. The number of benzene rings is 1. The molecule has 1 N–H and O–H groups in total. The molecule has 0 spiro atoms. The van der Waals surface area contributed by atoms with Crippen molar-refractivity contribution in [3.8, 4) is 0 Å². The molecule has 0 aliphatic carbocycles. The number of aryl methyl sites for hydroxylation is 1. The average Bonchev–Trinajstić information content (AvgIpc) is 2.34. The third-order valence-electron chi connectivity index (χ3n) is 2.66. The normalized spacial score (nSPS) is 12.4. The number of aliphatic hydroxyl groups excluding tert-OH is 1. The summed E-state index contributed by atoms with van der Waals surface area (Å²) >= 11 is 3.13.